The van der Waals surface area contributed by atoms with Crippen LogP contribution in [0.4, 0.5) is 0 Å². The van der Waals surface area contributed by atoms with Crippen molar-refractivity contribution in [2.45, 2.75) is 31.7 Å². The Balaban J connectivity index is 1.93. The van der Waals surface area contributed by atoms with Gasteiger partial charge in [-0.15, -0.1) is 0 Å². The molecule has 0 spiro atoms. The molecule has 0 amide bonds. The summed E-state index contributed by atoms with van der Waals surface area (Å²) in [5.41, 5.74) is 3.74. The molecule has 1 aliphatic rings. The smallest absolute Gasteiger partial charge is 0.0627 e. The summed E-state index contributed by atoms with van der Waals surface area (Å²) in [6.07, 6.45) is 4.73. The van der Waals surface area contributed by atoms with E-state index in [1.165, 1.54) is 16.8 Å². The molecule has 96 valence electrons. The molecule has 2 heteroatoms. The van der Waals surface area contributed by atoms with Crippen LogP contribution in [0.3, 0.4) is 0 Å². The van der Waals surface area contributed by atoms with Crippen LogP contribution in [-0.4, -0.2) is 16.2 Å². The van der Waals surface area contributed by atoms with E-state index in [0.29, 0.717) is 5.92 Å². The fraction of sp³-hybridized carbons (Fsp3) is 0.294. The van der Waals surface area contributed by atoms with Gasteiger partial charge in [0.2, 0.25) is 0 Å². The third-order valence-corrected chi connectivity index (χ3v) is 3.89. The summed E-state index contributed by atoms with van der Waals surface area (Å²) >= 11 is 0. The Labute approximate surface area is 114 Å². The van der Waals surface area contributed by atoms with Gasteiger partial charge in [-0.2, -0.15) is 0 Å². The topological polar surface area (TPSA) is 25.2 Å². The first-order valence-electron chi connectivity index (χ1n) is 6.71. The molecule has 2 aromatic rings. The van der Waals surface area contributed by atoms with E-state index in [0.717, 1.165) is 6.42 Å². The second-order valence-corrected chi connectivity index (χ2v) is 5.62. The molecule has 3 rings (SSSR count). The maximum Gasteiger partial charge on any atom is 0.0627 e. The molecule has 0 bridgehead atoms. The molecule has 0 saturated heterocycles. The highest BCUT2D eigenvalue weighted by Crippen LogP contribution is 2.40. The van der Waals surface area contributed by atoms with Crippen molar-refractivity contribution in [3.63, 3.8) is 0 Å². The van der Waals surface area contributed by atoms with Gasteiger partial charge in [0, 0.05) is 24.0 Å². The highest BCUT2D eigenvalue weighted by atomic mass is 14.9. The van der Waals surface area contributed by atoms with Crippen LogP contribution >= 0.6 is 0 Å². The van der Waals surface area contributed by atoms with Crippen molar-refractivity contribution in [2.24, 2.45) is 4.99 Å². The van der Waals surface area contributed by atoms with Crippen LogP contribution in [0.1, 0.15) is 37.3 Å². The quantitative estimate of drug-likeness (QED) is 0.795. The summed E-state index contributed by atoms with van der Waals surface area (Å²) in [6, 6.07) is 14.7. The van der Waals surface area contributed by atoms with E-state index in [1.54, 1.807) is 0 Å². The molecule has 0 N–H and O–H groups in total. The first-order chi connectivity index (χ1) is 9.17. The molecular weight excluding hydrogens is 232 g/mol. The van der Waals surface area contributed by atoms with E-state index in [4.69, 9.17) is 4.99 Å². The zero-order valence-electron chi connectivity index (χ0n) is 11.4. The van der Waals surface area contributed by atoms with Gasteiger partial charge in [-0.1, -0.05) is 30.3 Å². The van der Waals surface area contributed by atoms with E-state index in [2.05, 4.69) is 55.2 Å². The molecule has 0 radical (unpaired) electrons. The molecule has 0 fully saturated rings. The molecule has 1 aliphatic heterocycles. The van der Waals surface area contributed by atoms with Gasteiger partial charge >= 0.3 is 0 Å². The van der Waals surface area contributed by atoms with E-state index in [9.17, 15) is 0 Å². The van der Waals surface area contributed by atoms with Gasteiger partial charge in [-0.25, -0.2) is 0 Å². The standard InChI is InChI=1S/C17H18N2/c1-17(2)15(13-8-10-18-11-9-13)12-16(19-17)14-6-4-3-5-7-14/h3-11,15H,12H2,1-2H3. The van der Waals surface area contributed by atoms with Crippen molar-refractivity contribution >= 4 is 5.71 Å². The third kappa shape index (κ3) is 2.30. The van der Waals surface area contributed by atoms with Gasteiger partial charge < -0.3 is 0 Å². The van der Waals surface area contributed by atoms with Crippen molar-refractivity contribution < 1.29 is 0 Å². The fourth-order valence-corrected chi connectivity index (χ4v) is 2.85. The van der Waals surface area contributed by atoms with Crippen molar-refractivity contribution in [2.75, 3.05) is 0 Å². The molecule has 0 saturated carbocycles. The molecule has 1 unspecified atom stereocenters. The molecule has 2 nitrogen and oxygen atoms in total. The van der Waals surface area contributed by atoms with Gasteiger partial charge in [0.1, 0.15) is 0 Å². The highest BCUT2D eigenvalue weighted by molar-refractivity contribution is 6.02. The van der Waals surface area contributed by atoms with Crippen molar-refractivity contribution in [1.82, 2.24) is 4.98 Å². The number of nitrogens with zero attached hydrogens (tertiary/aromatic N) is 2. The highest BCUT2D eigenvalue weighted by Gasteiger charge is 2.37. The second kappa shape index (κ2) is 4.61. The predicted octanol–water partition coefficient (Wildman–Crippen LogP) is 3.84. The molecular formula is C17H18N2. The van der Waals surface area contributed by atoms with E-state index < -0.39 is 0 Å². The molecule has 0 aliphatic carbocycles. The zero-order chi connectivity index (χ0) is 13.3. The Hall–Kier alpha value is -1.96. The van der Waals surface area contributed by atoms with E-state index >= 15 is 0 Å². The van der Waals surface area contributed by atoms with Gasteiger partial charge in [-0.05, 0) is 43.5 Å². The number of aromatic nitrogens is 1. The lowest BCUT2D eigenvalue weighted by atomic mass is 9.82. The van der Waals surface area contributed by atoms with Crippen LogP contribution in [0.25, 0.3) is 0 Å². The lowest BCUT2D eigenvalue weighted by Crippen LogP contribution is -2.22. The number of pyridine rings is 1. The maximum atomic E-state index is 4.94. The second-order valence-electron chi connectivity index (χ2n) is 5.62. The minimum absolute atomic E-state index is 0.0491. The van der Waals surface area contributed by atoms with Crippen LogP contribution in [-0.2, 0) is 0 Å². The Morgan fingerprint density at radius 1 is 1.00 bits per heavy atom. The number of hydrogen-bond donors (Lipinski definition) is 0. The van der Waals surface area contributed by atoms with Crippen molar-refractivity contribution in [3.8, 4) is 0 Å². The van der Waals surface area contributed by atoms with Crippen molar-refractivity contribution in [3.05, 3.63) is 66.0 Å². The Kier molecular flexibility index (Phi) is 2.94. The average molecular weight is 250 g/mol. The van der Waals surface area contributed by atoms with Crippen LogP contribution in [0.5, 0.6) is 0 Å². The largest absolute Gasteiger partial charge is 0.282 e. The monoisotopic (exact) mass is 250 g/mol. The molecule has 1 aromatic heterocycles. The number of hydrogen-bond acceptors (Lipinski definition) is 2. The van der Waals surface area contributed by atoms with Gasteiger partial charge in [0.05, 0.1) is 5.54 Å². The maximum absolute atomic E-state index is 4.94. The lowest BCUT2D eigenvalue weighted by Gasteiger charge is -2.24. The van der Waals surface area contributed by atoms with Crippen molar-refractivity contribution in [1.29, 1.82) is 0 Å². The van der Waals surface area contributed by atoms with Gasteiger partial charge in [0.15, 0.2) is 0 Å². The van der Waals surface area contributed by atoms with Crippen LogP contribution in [0.15, 0.2) is 59.9 Å². The van der Waals surface area contributed by atoms with Gasteiger partial charge in [0.25, 0.3) is 0 Å². The van der Waals surface area contributed by atoms with Crippen LogP contribution < -0.4 is 0 Å². The molecule has 2 heterocycles. The van der Waals surface area contributed by atoms with Crippen LogP contribution in [0, 0.1) is 0 Å². The first kappa shape index (κ1) is 12.1. The summed E-state index contributed by atoms with van der Waals surface area (Å²) in [6.45, 7) is 4.43. The summed E-state index contributed by atoms with van der Waals surface area (Å²) in [5, 5.41) is 0. The third-order valence-electron chi connectivity index (χ3n) is 3.89. The predicted molar refractivity (Wildman–Crippen MR) is 78.7 cm³/mol. The minimum Gasteiger partial charge on any atom is -0.282 e. The zero-order valence-corrected chi connectivity index (χ0v) is 11.4. The molecule has 19 heavy (non-hydrogen) atoms. The summed E-state index contributed by atoms with van der Waals surface area (Å²) in [4.78, 5) is 9.05. The first-order valence-corrected chi connectivity index (χ1v) is 6.71. The minimum atomic E-state index is -0.0491. The Morgan fingerprint density at radius 3 is 2.37 bits per heavy atom. The van der Waals surface area contributed by atoms with E-state index in [-0.39, 0.29) is 5.54 Å². The Morgan fingerprint density at radius 2 is 1.68 bits per heavy atom. The summed E-state index contributed by atoms with van der Waals surface area (Å²) < 4.78 is 0. The number of aliphatic imine (C=N–C) groups is 1. The Bertz CT molecular complexity index is 585. The summed E-state index contributed by atoms with van der Waals surface area (Å²) in [5.74, 6) is 0.436. The molecule has 1 atom stereocenters. The lowest BCUT2D eigenvalue weighted by molar-refractivity contribution is 0.452. The average Bonchev–Trinajstić information content (AvgIpc) is 2.77. The van der Waals surface area contributed by atoms with Gasteiger partial charge in [-0.3, -0.25) is 9.98 Å². The molecule has 1 aromatic carbocycles. The fourth-order valence-electron chi connectivity index (χ4n) is 2.85. The number of rotatable bonds is 2. The van der Waals surface area contributed by atoms with E-state index in [1.807, 2.05) is 18.5 Å². The van der Waals surface area contributed by atoms with Crippen LogP contribution in [0.2, 0.25) is 0 Å². The number of benzene rings is 1. The SMILES string of the molecule is CC1(C)N=C(c2ccccc2)CC1c1ccncc1. The summed E-state index contributed by atoms with van der Waals surface area (Å²) in [7, 11) is 0. The normalized spacial score (nSPS) is 21.2.